The summed E-state index contributed by atoms with van der Waals surface area (Å²) in [6, 6.07) is 0.187. The third-order valence-electron chi connectivity index (χ3n) is 3.46. The predicted molar refractivity (Wildman–Crippen MR) is 89.4 cm³/mol. The van der Waals surface area contributed by atoms with Crippen molar-refractivity contribution in [3.8, 4) is 0 Å². The highest BCUT2D eigenvalue weighted by atomic mass is 35.5. The molecule has 124 valence electrons. The van der Waals surface area contributed by atoms with E-state index in [2.05, 4.69) is 10.3 Å². The van der Waals surface area contributed by atoms with Gasteiger partial charge in [-0.15, -0.1) is 11.3 Å². The maximum Gasteiger partial charge on any atom is 0.410 e. The normalized spacial score (nSPS) is 19.3. The van der Waals surface area contributed by atoms with Crippen molar-refractivity contribution in [1.29, 1.82) is 0 Å². The zero-order valence-electron chi connectivity index (χ0n) is 13.4. The van der Waals surface area contributed by atoms with Crippen LogP contribution in [0.25, 0.3) is 0 Å². The van der Waals surface area contributed by atoms with Crippen LogP contribution in [-0.4, -0.2) is 40.7 Å². The molecule has 5 nitrogen and oxygen atoms in total. The van der Waals surface area contributed by atoms with E-state index in [0.29, 0.717) is 4.47 Å². The molecular formula is C15H24ClN3O2S. The summed E-state index contributed by atoms with van der Waals surface area (Å²) in [7, 11) is 0. The zero-order chi connectivity index (χ0) is 16.2. The Hall–Kier alpha value is -0.850. The van der Waals surface area contributed by atoms with Crippen molar-refractivity contribution >= 4 is 29.0 Å². The van der Waals surface area contributed by atoms with Gasteiger partial charge in [0.2, 0.25) is 0 Å². The molecule has 0 bridgehead atoms. The summed E-state index contributed by atoms with van der Waals surface area (Å²) in [5, 5.41) is 3.39. The molecule has 1 N–H and O–H groups in total. The van der Waals surface area contributed by atoms with Gasteiger partial charge < -0.3 is 15.0 Å². The van der Waals surface area contributed by atoms with Crippen LogP contribution in [0.4, 0.5) is 4.79 Å². The first-order chi connectivity index (χ1) is 10.3. The first-order valence-electron chi connectivity index (χ1n) is 7.66. The third kappa shape index (κ3) is 5.41. The Morgan fingerprint density at radius 1 is 1.55 bits per heavy atom. The molecule has 0 aromatic carbocycles. The van der Waals surface area contributed by atoms with Crippen LogP contribution in [0.2, 0.25) is 4.47 Å². The quantitative estimate of drug-likeness (QED) is 0.904. The van der Waals surface area contributed by atoms with E-state index in [1.165, 1.54) is 11.3 Å². The average molecular weight is 346 g/mol. The Balaban J connectivity index is 1.85. The largest absolute Gasteiger partial charge is 0.444 e. The van der Waals surface area contributed by atoms with Gasteiger partial charge in [-0.1, -0.05) is 11.6 Å². The van der Waals surface area contributed by atoms with Gasteiger partial charge in [0.05, 0.1) is 0 Å². The fraction of sp³-hybridized carbons (Fsp3) is 0.733. The number of thiazole rings is 1. The Labute approximate surface area is 141 Å². The molecule has 0 radical (unpaired) electrons. The van der Waals surface area contributed by atoms with Gasteiger partial charge in [-0.25, -0.2) is 9.78 Å². The van der Waals surface area contributed by atoms with Crippen LogP contribution >= 0.6 is 22.9 Å². The molecule has 0 aliphatic carbocycles. The zero-order valence-corrected chi connectivity index (χ0v) is 15.0. The Bertz CT molecular complexity index is 501. The standard InChI is InChI=1S/C15H24ClN3O2S/c1-15(2,3)21-14(20)19-7-5-4-6-11(19)8-17-9-12-10-18-13(16)22-12/h10-11,17H,4-9H2,1-3H3/t11-/m0/s1. The fourth-order valence-corrected chi connectivity index (χ4v) is 3.45. The van der Waals surface area contributed by atoms with E-state index in [4.69, 9.17) is 16.3 Å². The van der Waals surface area contributed by atoms with Gasteiger partial charge in [0.1, 0.15) is 5.60 Å². The maximum atomic E-state index is 12.3. The Morgan fingerprint density at radius 3 is 2.95 bits per heavy atom. The van der Waals surface area contributed by atoms with Crippen LogP contribution in [0.1, 0.15) is 44.9 Å². The lowest BCUT2D eigenvalue weighted by atomic mass is 10.0. The van der Waals surface area contributed by atoms with Crippen LogP contribution in [0.3, 0.4) is 0 Å². The highest BCUT2D eigenvalue weighted by Gasteiger charge is 2.30. The molecule has 22 heavy (non-hydrogen) atoms. The number of nitrogens with one attached hydrogen (secondary N) is 1. The number of carbonyl (C=O) groups is 1. The molecule has 7 heteroatoms. The first kappa shape index (κ1) is 17.5. The van der Waals surface area contributed by atoms with Crippen LogP contribution in [0.15, 0.2) is 6.20 Å². The van der Waals surface area contributed by atoms with Crippen molar-refractivity contribution in [1.82, 2.24) is 15.2 Å². The molecule has 1 aromatic rings. The molecule has 2 heterocycles. The highest BCUT2D eigenvalue weighted by Crippen LogP contribution is 2.21. The number of hydrogen-bond acceptors (Lipinski definition) is 5. The number of carbonyl (C=O) groups excluding carboxylic acids is 1. The summed E-state index contributed by atoms with van der Waals surface area (Å²) in [5.41, 5.74) is -0.452. The minimum Gasteiger partial charge on any atom is -0.444 e. The van der Waals surface area contributed by atoms with Crippen molar-refractivity contribution in [2.45, 2.75) is 58.2 Å². The van der Waals surface area contributed by atoms with Crippen molar-refractivity contribution in [3.63, 3.8) is 0 Å². The SMILES string of the molecule is CC(C)(C)OC(=O)N1CCCC[C@H]1CNCc1cnc(Cl)s1. The highest BCUT2D eigenvalue weighted by molar-refractivity contribution is 7.15. The number of nitrogens with zero attached hydrogens (tertiary/aromatic N) is 2. The molecule has 1 atom stereocenters. The van der Waals surface area contributed by atoms with Crippen LogP contribution in [0.5, 0.6) is 0 Å². The van der Waals surface area contributed by atoms with E-state index in [1.54, 1.807) is 6.20 Å². The van der Waals surface area contributed by atoms with Gasteiger partial charge in [0.25, 0.3) is 0 Å². The lowest BCUT2D eigenvalue weighted by Gasteiger charge is -2.36. The Kier molecular flexibility index (Phi) is 6.06. The number of likely N-dealkylation sites (tertiary alicyclic amines) is 1. The van der Waals surface area contributed by atoms with Gasteiger partial charge in [0, 0.05) is 36.8 Å². The van der Waals surface area contributed by atoms with Crippen molar-refractivity contribution in [3.05, 3.63) is 15.5 Å². The molecule has 1 aromatic heterocycles. The minimum atomic E-state index is -0.452. The topological polar surface area (TPSA) is 54.5 Å². The average Bonchev–Trinajstić information content (AvgIpc) is 2.83. The van der Waals surface area contributed by atoms with Crippen molar-refractivity contribution < 1.29 is 9.53 Å². The van der Waals surface area contributed by atoms with E-state index in [1.807, 2.05) is 25.7 Å². The summed E-state index contributed by atoms with van der Waals surface area (Å²) in [6.45, 7) is 7.95. The van der Waals surface area contributed by atoms with Crippen LogP contribution in [0, 0.1) is 0 Å². The third-order valence-corrected chi connectivity index (χ3v) is 4.57. The molecular weight excluding hydrogens is 322 g/mol. The summed E-state index contributed by atoms with van der Waals surface area (Å²) >= 11 is 7.30. The number of hydrogen-bond donors (Lipinski definition) is 1. The summed E-state index contributed by atoms with van der Waals surface area (Å²) in [5.74, 6) is 0. The number of halogens is 1. The van der Waals surface area contributed by atoms with Crippen LogP contribution < -0.4 is 5.32 Å². The second kappa shape index (κ2) is 7.62. The summed E-state index contributed by atoms with van der Waals surface area (Å²) in [4.78, 5) is 19.3. The number of ether oxygens (including phenoxy) is 1. The first-order valence-corrected chi connectivity index (χ1v) is 8.85. The smallest absolute Gasteiger partial charge is 0.410 e. The van der Waals surface area contributed by atoms with E-state index >= 15 is 0 Å². The monoisotopic (exact) mass is 345 g/mol. The molecule has 1 fully saturated rings. The van der Waals surface area contributed by atoms with E-state index in [0.717, 1.165) is 43.8 Å². The molecule has 0 saturated carbocycles. The number of piperidine rings is 1. The lowest BCUT2D eigenvalue weighted by Crippen LogP contribution is -2.50. The summed E-state index contributed by atoms with van der Waals surface area (Å²) in [6.07, 6.45) is 4.78. The van der Waals surface area contributed by atoms with Gasteiger partial charge in [-0.3, -0.25) is 0 Å². The number of amides is 1. The molecule has 1 aliphatic rings. The second-order valence-electron chi connectivity index (χ2n) is 6.53. The molecule has 1 amide bonds. The Morgan fingerprint density at radius 2 is 2.32 bits per heavy atom. The lowest BCUT2D eigenvalue weighted by molar-refractivity contribution is 0.00994. The fourth-order valence-electron chi connectivity index (χ4n) is 2.50. The predicted octanol–water partition coefficient (Wildman–Crippen LogP) is 3.68. The van der Waals surface area contributed by atoms with Crippen molar-refractivity contribution in [2.75, 3.05) is 13.1 Å². The molecule has 2 rings (SSSR count). The van der Waals surface area contributed by atoms with Gasteiger partial charge in [0.15, 0.2) is 4.47 Å². The second-order valence-corrected chi connectivity index (χ2v) is 8.23. The van der Waals surface area contributed by atoms with E-state index in [-0.39, 0.29) is 12.1 Å². The van der Waals surface area contributed by atoms with Crippen molar-refractivity contribution in [2.24, 2.45) is 0 Å². The number of aromatic nitrogens is 1. The van der Waals surface area contributed by atoms with Crippen LogP contribution in [-0.2, 0) is 11.3 Å². The van der Waals surface area contributed by atoms with E-state index in [9.17, 15) is 4.79 Å². The summed E-state index contributed by atoms with van der Waals surface area (Å²) < 4.78 is 6.07. The van der Waals surface area contributed by atoms with Gasteiger partial charge in [-0.05, 0) is 40.0 Å². The van der Waals surface area contributed by atoms with Gasteiger partial charge >= 0.3 is 6.09 Å². The number of rotatable bonds is 4. The van der Waals surface area contributed by atoms with E-state index < -0.39 is 5.60 Å². The molecule has 1 saturated heterocycles. The minimum absolute atomic E-state index is 0.187. The van der Waals surface area contributed by atoms with Gasteiger partial charge in [-0.2, -0.15) is 0 Å². The molecule has 0 unspecified atom stereocenters. The molecule has 1 aliphatic heterocycles. The molecule has 0 spiro atoms. The maximum absolute atomic E-state index is 12.3.